The van der Waals surface area contributed by atoms with Crippen LogP contribution in [0.5, 0.6) is 0 Å². The number of carbonyl (C=O) groups is 2. The molecule has 21 heavy (non-hydrogen) atoms. The van der Waals surface area contributed by atoms with E-state index in [0.29, 0.717) is 24.2 Å². The van der Waals surface area contributed by atoms with E-state index < -0.39 is 17.9 Å². The number of nitrogens with one attached hydrogen (secondary N) is 1. The zero-order chi connectivity index (χ0) is 15.6. The summed E-state index contributed by atoms with van der Waals surface area (Å²) in [6, 6.07) is 5.75. The number of aliphatic carboxylic acids is 1. The van der Waals surface area contributed by atoms with E-state index in [1.807, 2.05) is 6.07 Å². The first-order valence-corrected chi connectivity index (χ1v) is 6.82. The maximum absolute atomic E-state index is 12.2. The van der Waals surface area contributed by atoms with Crippen molar-refractivity contribution < 1.29 is 14.7 Å². The van der Waals surface area contributed by atoms with Crippen LogP contribution >= 0.6 is 11.6 Å². The fourth-order valence-electron chi connectivity index (χ4n) is 2.43. The third kappa shape index (κ3) is 3.09. The van der Waals surface area contributed by atoms with Crippen LogP contribution in [-0.4, -0.2) is 34.6 Å². The molecule has 2 amide bonds. The zero-order valence-electron chi connectivity index (χ0n) is 11.3. The second-order valence-corrected chi connectivity index (χ2v) is 5.31. The minimum Gasteiger partial charge on any atom is -0.481 e. The van der Waals surface area contributed by atoms with Crippen molar-refractivity contribution >= 4 is 29.3 Å². The number of urea groups is 1. The molecule has 1 aliphatic heterocycles. The summed E-state index contributed by atoms with van der Waals surface area (Å²) in [5.74, 6) is -1.44. The molecule has 1 saturated heterocycles. The van der Waals surface area contributed by atoms with Crippen molar-refractivity contribution in [3.05, 3.63) is 28.8 Å². The van der Waals surface area contributed by atoms with E-state index >= 15 is 0 Å². The number of benzene rings is 1. The fraction of sp³-hybridized carbons (Fsp3) is 0.357. The monoisotopic (exact) mass is 307 g/mol. The molecule has 0 aliphatic carbocycles. The topological polar surface area (TPSA) is 93.4 Å². The van der Waals surface area contributed by atoms with Gasteiger partial charge in [0.2, 0.25) is 0 Å². The summed E-state index contributed by atoms with van der Waals surface area (Å²) in [6.45, 7) is 2.10. The number of anilines is 1. The van der Waals surface area contributed by atoms with Crippen LogP contribution in [0.4, 0.5) is 10.5 Å². The summed E-state index contributed by atoms with van der Waals surface area (Å²) in [5.41, 5.74) is 0.796. The van der Waals surface area contributed by atoms with Crippen molar-refractivity contribution in [3.63, 3.8) is 0 Å². The van der Waals surface area contributed by atoms with Crippen molar-refractivity contribution in [1.29, 1.82) is 5.26 Å². The number of likely N-dealkylation sites (tertiary alicyclic amines) is 1. The summed E-state index contributed by atoms with van der Waals surface area (Å²) in [6.07, 6.45) is 0.436. The molecule has 1 aliphatic rings. The average Bonchev–Trinajstić information content (AvgIpc) is 2.83. The van der Waals surface area contributed by atoms with Crippen molar-refractivity contribution in [2.75, 3.05) is 11.9 Å². The standard InChI is InChI=1S/C14H14ClN3O3/c1-8-10(13(19)20)4-5-18(8)14(21)17-12-3-2-9(7-16)6-11(12)15/h2-3,6,8,10H,4-5H2,1H3,(H,17,21)(H,19,20). The Morgan fingerprint density at radius 1 is 1.52 bits per heavy atom. The Morgan fingerprint density at radius 3 is 2.76 bits per heavy atom. The van der Waals surface area contributed by atoms with Crippen molar-refractivity contribution in [1.82, 2.24) is 4.90 Å². The quantitative estimate of drug-likeness (QED) is 0.878. The van der Waals surface area contributed by atoms with Gasteiger partial charge in [0.1, 0.15) is 0 Å². The lowest BCUT2D eigenvalue weighted by Gasteiger charge is -2.23. The fourth-order valence-corrected chi connectivity index (χ4v) is 2.66. The number of nitrogens with zero attached hydrogens (tertiary/aromatic N) is 2. The lowest BCUT2D eigenvalue weighted by atomic mass is 10.0. The summed E-state index contributed by atoms with van der Waals surface area (Å²) >= 11 is 6.00. The lowest BCUT2D eigenvalue weighted by molar-refractivity contribution is -0.142. The maximum atomic E-state index is 12.2. The summed E-state index contributed by atoms with van der Waals surface area (Å²) in [5, 5.41) is 20.7. The predicted octanol–water partition coefficient (Wildman–Crippen LogP) is 2.54. The number of rotatable bonds is 2. The Hall–Kier alpha value is -2.26. The molecule has 110 valence electrons. The normalized spacial score (nSPS) is 20.9. The molecule has 0 bridgehead atoms. The van der Waals surface area contributed by atoms with Crippen LogP contribution in [0, 0.1) is 17.2 Å². The van der Waals surface area contributed by atoms with Gasteiger partial charge in [-0.25, -0.2) is 4.79 Å². The van der Waals surface area contributed by atoms with Gasteiger partial charge in [-0.15, -0.1) is 0 Å². The third-order valence-corrected chi connectivity index (χ3v) is 3.99. The van der Waals surface area contributed by atoms with E-state index in [0.717, 1.165) is 0 Å². The van der Waals surface area contributed by atoms with Gasteiger partial charge in [-0.05, 0) is 31.5 Å². The summed E-state index contributed by atoms with van der Waals surface area (Å²) in [7, 11) is 0. The van der Waals surface area contributed by atoms with Gasteiger partial charge in [0, 0.05) is 12.6 Å². The molecule has 2 atom stereocenters. The van der Waals surface area contributed by atoms with Gasteiger partial charge in [-0.2, -0.15) is 5.26 Å². The molecule has 1 aromatic rings. The van der Waals surface area contributed by atoms with E-state index in [4.69, 9.17) is 22.0 Å². The Kier molecular flexibility index (Phi) is 4.34. The molecular formula is C14H14ClN3O3. The molecule has 7 heteroatoms. The van der Waals surface area contributed by atoms with Crippen molar-refractivity contribution in [2.45, 2.75) is 19.4 Å². The van der Waals surface area contributed by atoms with E-state index in [2.05, 4.69) is 5.32 Å². The molecule has 1 fully saturated rings. The van der Waals surface area contributed by atoms with Gasteiger partial charge in [0.15, 0.2) is 0 Å². The van der Waals surface area contributed by atoms with Gasteiger partial charge in [-0.3, -0.25) is 4.79 Å². The number of hydrogen-bond donors (Lipinski definition) is 2. The van der Waals surface area contributed by atoms with Gasteiger partial charge < -0.3 is 15.3 Å². The first-order valence-electron chi connectivity index (χ1n) is 6.44. The number of nitriles is 1. The Bertz CT molecular complexity index is 626. The van der Waals surface area contributed by atoms with Crippen molar-refractivity contribution in [3.8, 4) is 6.07 Å². The number of hydrogen-bond acceptors (Lipinski definition) is 3. The van der Waals surface area contributed by atoms with Gasteiger partial charge in [0.25, 0.3) is 0 Å². The van der Waals surface area contributed by atoms with Gasteiger partial charge in [-0.1, -0.05) is 11.6 Å². The highest BCUT2D eigenvalue weighted by Crippen LogP contribution is 2.27. The molecule has 1 aromatic carbocycles. The molecule has 2 rings (SSSR count). The molecule has 0 spiro atoms. The number of amides is 2. The predicted molar refractivity (Wildman–Crippen MR) is 77.1 cm³/mol. The second-order valence-electron chi connectivity index (χ2n) is 4.90. The van der Waals surface area contributed by atoms with Crippen LogP contribution in [0.2, 0.25) is 5.02 Å². The van der Waals surface area contributed by atoms with Gasteiger partial charge >= 0.3 is 12.0 Å². The van der Waals surface area contributed by atoms with Crippen LogP contribution in [-0.2, 0) is 4.79 Å². The molecule has 0 aromatic heterocycles. The lowest BCUT2D eigenvalue weighted by Crippen LogP contribution is -2.40. The van der Waals surface area contributed by atoms with E-state index in [1.165, 1.54) is 11.0 Å². The SMILES string of the molecule is CC1C(C(=O)O)CCN1C(=O)Nc1ccc(C#N)cc1Cl. The van der Waals surface area contributed by atoms with Crippen molar-refractivity contribution in [2.24, 2.45) is 5.92 Å². The minimum absolute atomic E-state index is 0.268. The van der Waals surface area contributed by atoms with Crippen LogP contribution in [0.1, 0.15) is 18.9 Å². The number of carboxylic acid groups (broad SMARTS) is 1. The zero-order valence-corrected chi connectivity index (χ0v) is 12.1. The number of halogens is 1. The number of carbonyl (C=O) groups excluding carboxylic acids is 1. The maximum Gasteiger partial charge on any atom is 0.322 e. The highest BCUT2D eigenvalue weighted by atomic mass is 35.5. The Balaban J connectivity index is 2.09. The van der Waals surface area contributed by atoms with Crippen LogP contribution < -0.4 is 5.32 Å². The summed E-state index contributed by atoms with van der Waals surface area (Å²) in [4.78, 5) is 24.7. The van der Waals surface area contributed by atoms with Crippen LogP contribution in [0.25, 0.3) is 0 Å². The van der Waals surface area contributed by atoms with Crippen LogP contribution in [0.15, 0.2) is 18.2 Å². The Labute approximate surface area is 126 Å². The molecule has 1 heterocycles. The Morgan fingerprint density at radius 2 is 2.24 bits per heavy atom. The number of carboxylic acids is 1. The summed E-state index contributed by atoms with van der Waals surface area (Å²) < 4.78 is 0. The highest BCUT2D eigenvalue weighted by molar-refractivity contribution is 6.33. The molecule has 2 N–H and O–H groups in total. The second kappa shape index (κ2) is 6.02. The van der Waals surface area contributed by atoms with E-state index in [-0.39, 0.29) is 11.1 Å². The first-order chi connectivity index (χ1) is 9.93. The smallest absolute Gasteiger partial charge is 0.322 e. The molecule has 0 saturated carbocycles. The van der Waals surface area contributed by atoms with E-state index in [1.54, 1.807) is 19.1 Å². The van der Waals surface area contributed by atoms with Crippen LogP contribution in [0.3, 0.4) is 0 Å². The molecule has 6 nitrogen and oxygen atoms in total. The molecule has 0 radical (unpaired) electrons. The first kappa shape index (κ1) is 15.1. The largest absolute Gasteiger partial charge is 0.481 e. The highest BCUT2D eigenvalue weighted by Gasteiger charge is 2.38. The molecular weight excluding hydrogens is 294 g/mol. The average molecular weight is 308 g/mol. The minimum atomic E-state index is -0.894. The van der Waals surface area contributed by atoms with Gasteiger partial charge in [0.05, 0.1) is 28.3 Å². The van der Waals surface area contributed by atoms with E-state index in [9.17, 15) is 9.59 Å². The third-order valence-electron chi connectivity index (χ3n) is 3.67. The molecule has 2 unspecified atom stereocenters.